The lowest BCUT2D eigenvalue weighted by atomic mass is 9.79. The predicted molar refractivity (Wildman–Crippen MR) is 600 cm³/mol. The number of aliphatic imine (C=N–C) groups is 4. The minimum Gasteiger partial charge on any atom is -0.444 e. The number of carbonyl (C=O) groups excluding carboxylic acids is 3. The van der Waals surface area contributed by atoms with Gasteiger partial charge < -0.3 is 19.9 Å². The van der Waals surface area contributed by atoms with Gasteiger partial charge in [-0.2, -0.15) is 0 Å². The van der Waals surface area contributed by atoms with Gasteiger partial charge in [0.05, 0.1) is 96.2 Å². The highest BCUT2D eigenvalue weighted by Crippen LogP contribution is 2.57. The number of nitrogens with two attached hydrogens (primary N) is 1. The lowest BCUT2D eigenvalue weighted by Crippen LogP contribution is -2.63. The Hall–Kier alpha value is -6.87. The molecule has 776 valence electrons. The van der Waals surface area contributed by atoms with Crippen LogP contribution in [0.25, 0.3) is 0 Å². The summed E-state index contributed by atoms with van der Waals surface area (Å²) >= 11 is 38.3. The van der Waals surface area contributed by atoms with E-state index in [-0.39, 0.29) is 62.6 Å². The van der Waals surface area contributed by atoms with Crippen LogP contribution in [-0.4, -0.2) is 142 Å². The van der Waals surface area contributed by atoms with Crippen LogP contribution in [0.2, 0.25) is 39.7 Å². The molecule has 22 nitrogen and oxygen atoms in total. The van der Waals surface area contributed by atoms with Gasteiger partial charge in [-0.25, -0.2) is 48.1 Å². The van der Waals surface area contributed by atoms with Crippen molar-refractivity contribution in [2.45, 2.75) is 338 Å². The lowest BCUT2D eigenvalue weighted by molar-refractivity contribution is 0.0547. The first-order chi connectivity index (χ1) is 67.0. The van der Waals surface area contributed by atoms with Crippen molar-refractivity contribution in [3.05, 3.63) is 189 Å². The summed E-state index contributed by atoms with van der Waals surface area (Å²) in [5, 5.41) is 9.83. The summed E-state index contributed by atoms with van der Waals surface area (Å²) in [5.41, 5.74) is 6.16. The Morgan fingerprint density at radius 3 is 0.861 bits per heavy atom. The molecule has 4 spiro atoms. The Labute approximate surface area is 905 Å². The molecule has 18 rings (SSSR count). The fourth-order valence-corrected chi connectivity index (χ4v) is 38.4. The molecule has 144 heavy (non-hydrogen) atoms. The zero-order valence-corrected chi connectivity index (χ0v) is 98.3. The highest BCUT2D eigenvalue weighted by atomic mass is 79.9. The summed E-state index contributed by atoms with van der Waals surface area (Å²) in [6.07, 6.45) is 29.2. The Kier molecular flexibility index (Phi) is 34.2. The Bertz CT molecular complexity index is 6720. The maximum Gasteiger partial charge on any atom is 0.413 e. The van der Waals surface area contributed by atoms with Crippen LogP contribution in [0.5, 0.6) is 0 Å². The highest BCUT2D eigenvalue weighted by molar-refractivity contribution is 9.11. The fraction of sp³-hybridized carbons (Fsp3) is 0.542. The van der Waals surface area contributed by atoms with E-state index in [4.69, 9.17) is 99.2 Å². The molecular formula is C107H130Br2Cl4N8O14S8Si. The molecular weight excluding hydrogens is 2210 g/mol. The van der Waals surface area contributed by atoms with Gasteiger partial charge in [0.25, 0.3) is 0 Å². The van der Waals surface area contributed by atoms with Gasteiger partial charge in [0.1, 0.15) is 89.4 Å². The van der Waals surface area contributed by atoms with Crippen LogP contribution < -0.4 is 21.7 Å². The molecule has 4 aromatic heterocycles. The van der Waals surface area contributed by atoms with E-state index in [0.29, 0.717) is 86.1 Å². The summed E-state index contributed by atoms with van der Waals surface area (Å²) in [7, 11) is -15.3. The van der Waals surface area contributed by atoms with Crippen molar-refractivity contribution in [1.29, 1.82) is 0 Å². The van der Waals surface area contributed by atoms with Crippen LogP contribution in [0.1, 0.15) is 290 Å². The van der Waals surface area contributed by atoms with Crippen molar-refractivity contribution in [3.63, 3.8) is 0 Å². The van der Waals surface area contributed by atoms with E-state index in [1.54, 1.807) is 95.2 Å². The van der Waals surface area contributed by atoms with Crippen LogP contribution in [0.4, 0.5) is 14.4 Å². The molecule has 7 aliphatic carbocycles. The van der Waals surface area contributed by atoms with E-state index < -0.39 is 124 Å². The van der Waals surface area contributed by atoms with Crippen molar-refractivity contribution in [1.82, 2.24) is 16.0 Å². The number of alkyl carbamates (subject to hydrolysis) is 3. The number of amidine groups is 4. The molecule has 7 aromatic rings. The van der Waals surface area contributed by atoms with E-state index >= 15 is 0 Å². The van der Waals surface area contributed by atoms with Crippen molar-refractivity contribution >= 4 is 213 Å². The van der Waals surface area contributed by atoms with Crippen LogP contribution in [0.15, 0.2) is 143 Å². The average molecular weight is 2340 g/mol. The van der Waals surface area contributed by atoms with Gasteiger partial charge in [0.2, 0.25) is 0 Å². The number of sulfone groups is 4. The van der Waals surface area contributed by atoms with Crippen LogP contribution >= 0.6 is 124 Å². The molecule has 4 atom stereocenters. The Morgan fingerprint density at radius 1 is 0.389 bits per heavy atom. The average Bonchev–Trinajstić information content (AvgIpc) is 1.35. The maximum atomic E-state index is 13.7. The molecule has 0 unspecified atom stereocenters. The SMILES string of the molecule is C#CC1(c2ccccc2)CCCC1.C#C[Si](C)(C)C.CC(C)(C)OC(=O)NC1=N[C@](C)(c2sc(Br)cc2Cl)CS(=O)(=O)C12CCC2.CC(C)(C)OC(=O)NC1=N[C@](C)(c2sc(Br)cc2Cl)CS(=O)(=O)C12CCC2.CC(C)(C)OC(=O)NC1=N[C@](C)(c2sc(C#CC3(c4ccccc4)CCCC3)cc2Cl)CS(=O)(=O)C12CCC2.C[C@@]1(c2sc(C#CC3(c4ccccc4)CCCC3)cc2Cl)CS(=O)(=O)C2(CCC2)C(N)=N1. The van der Waals surface area contributed by atoms with Gasteiger partial charge >= 0.3 is 18.3 Å². The van der Waals surface area contributed by atoms with E-state index in [1.165, 1.54) is 87.7 Å². The Morgan fingerprint density at radius 2 is 0.632 bits per heavy atom. The van der Waals surface area contributed by atoms with Crippen molar-refractivity contribution in [3.8, 4) is 48.0 Å². The second-order valence-electron chi connectivity index (χ2n) is 44.3. The molecule has 0 saturated heterocycles. The second-order valence-corrected chi connectivity index (χ2v) is 66.9. The number of carbonyl (C=O) groups is 3. The van der Waals surface area contributed by atoms with Crippen molar-refractivity contribution in [2.24, 2.45) is 25.7 Å². The number of benzene rings is 3. The van der Waals surface area contributed by atoms with Gasteiger partial charge in [0, 0.05) is 0 Å². The second kappa shape index (κ2) is 43.1. The minimum atomic E-state index is -3.65. The normalized spacial score (nSPS) is 24.8. The quantitative estimate of drug-likeness (QED) is 0.0655. The number of nitrogens with zero attached hydrogens (tertiary/aromatic N) is 4. The molecule has 4 aliphatic heterocycles. The topological polar surface area (TPSA) is 327 Å². The highest BCUT2D eigenvalue weighted by Gasteiger charge is 2.64. The number of hydrogen-bond donors (Lipinski definition) is 4. The molecule has 3 amide bonds. The molecule has 11 aliphatic rings. The number of amides is 3. The van der Waals surface area contributed by atoms with Gasteiger partial charge in [-0.3, -0.25) is 35.9 Å². The molecule has 8 heterocycles. The zero-order chi connectivity index (χ0) is 106. The summed E-state index contributed by atoms with van der Waals surface area (Å²) in [4.78, 5) is 60.7. The van der Waals surface area contributed by atoms with E-state index in [2.05, 4.69) is 175 Å². The molecule has 0 radical (unpaired) electrons. The number of terminal acetylenes is 2. The van der Waals surface area contributed by atoms with Crippen LogP contribution in [-0.2, 0) is 92.0 Å². The third-order valence-corrected chi connectivity index (χ3v) is 48.4. The Balaban J connectivity index is 0.000000153. The maximum absolute atomic E-state index is 13.7. The number of halogens is 6. The number of thiophene rings is 4. The van der Waals surface area contributed by atoms with Gasteiger partial charge in [-0.05, 0) is 278 Å². The smallest absolute Gasteiger partial charge is 0.413 e. The third kappa shape index (κ3) is 24.5. The van der Waals surface area contributed by atoms with Gasteiger partial charge in [0.15, 0.2) is 39.3 Å². The van der Waals surface area contributed by atoms with Gasteiger partial charge in [-0.1, -0.05) is 225 Å². The van der Waals surface area contributed by atoms with Gasteiger partial charge in [-0.15, -0.1) is 63.7 Å². The standard InChI is InChI=1S/C30H35ClN2O4S2.C25H27ClN2O2S2.2C17H22BrClN2O4S2.C13H14.C5H10Si/c1-27(2,3)37-26(34)32-25-30(16-10-17-30)39(35,36)20-28(4,33-25)24-23(31)19-22(38-24)13-18-29(14-8-9-15-29)21-11-6-5-7-12-21;1-23(17-32(29,30)25(13-7-14-25)22(27)28-23)21-20(26)16-19(31-21)10-15-24(11-5-6-12-24)18-8-3-2-4-9-18;2*1-15(2,3)25-14(22)20-13-17(6-5-7-17)27(23,24)9-16(4,21-13)12-10(19)8-11(18)26-12;1-2-13(10-6-7-11-13)12-8-4-3-5-9-12;1-5-6(2,3)4/h5-7,11-12,19H,8-10,14-17,20H2,1-4H3,(H,32,33,34);2-4,8-9,16H,5-7,11-14,17H2,1H3,(H2,27,28);2*8H,5-7,9H2,1-4H3,(H,20,21,22);1,3-5,8-9H,6-7,10-11H2;1H,2-4H3/t28-;23-;2*16-;;/m0000../s1. The fourth-order valence-electron chi connectivity index (χ4n) is 20.5. The summed E-state index contributed by atoms with van der Waals surface area (Å²) < 4.78 is 120. The first-order valence-electron chi connectivity index (χ1n) is 48.7. The summed E-state index contributed by atoms with van der Waals surface area (Å²) in [5.74, 6) is 17.0. The van der Waals surface area contributed by atoms with Crippen LogP contribution in [0, 0.1) is 48.0 Å². The molecule has 3 aromatic carbocycles. The first-order valence-corrected chi connectivity index (χ1v) is 65.2. The first kappa shape index (κ1) is 114. The minimum absolute atomic E-state index is 0.0568. The molecule has 7 fully saturated rings. The van der Waals surface area contributed by atoms with Crippen molar-refractivity contribution < 1.29 is 62.3 Å². The number of nitrogens with one attached hydrogen (secondary N) is 3. The number of rotatable bonds is 7. The molecule has 7 saturated carbocycles. The lowest BCUT2D eigenvalue weighted by Gasteiger charge is -2.47. The van der Waals surface area contributed by atoms with E-state index in [0.717, 1.165) is 99.3 Å². The number of hydrogen-bond acceptors (Lipinski definition) is 23. The molecule has 0 bridgehead atoms. The molecule has 5 N–H and O–H groups in total. The summed E-state index contributed by atoms with van der Waals surface area (Å²) in [6, 6.07) is 38.5. The summed E-state index contributed by atoms with van der Waals surface area (Å²) in [6.45, 7) is 29.3. The number of ether oxygens (including phenoxy) is 3. The largest absolute Gasteiger partial charge is 0.444 e. The monoisotopic (exact) mass is 2330 g/mol. The van der Waals surface area contributed by atoms with E-state index in [1.807, 2.05) is 37.3 Å². The zero-order valence-electron chi connectivity index (χ0n) is 84.5. The van der Waals surface area contributed by atoms with Crippen molar-refractivity contribution in [2.75, 3.05) is 23.0 Å². The molecule has 37 heteroatoms. The van der Waals surface area contributed by atoms with Crippen LogP contribution in [0.3, 0.4) is 0 Å². The predicted octanol–water partition coefficient (Wildman–Crippen LogP) is 25.9. The van der Waals surface area contributed by atoms with E-state index in [9.17, 15) is 48.1 Å². The third-order valence-electron chi connectivity index (χ3n) is 28.5.